The number of aromatic nitrogens is 6. The molecule has 0 saturated heterocycles. The lowest BCUT2D eigenvalue weighted by Crippen LogP contribution is -2.12. The summed E-state index contributed by atoms with van der Waals surface area (Å²) in [5, 5.41) is 15.4. The topological polar surface area (TPSA) is 81.5 Å². The average Bonchev–Trinajstić information content (AvgIpc) is 3.57. The van der Waals surface area contributed by atoms with Crippen molar-refractivity contribution in [2.24, 2.45) is 0 Å². The van der Waals surface area contributed by atoms with Crippen LogP contribution in [0.3, 0.4) is 0 Å². The predicted molar refractivity (Wildman–Crippen MR) is 131 cm³/mol. The highest BCUT2D eigenvalue weighted by Crippen LogP contribution is 2.31. The van der Waals surface area contributed by atoms with Crippen molar-refractivity contribution in [2.45, 2.75) is 19.3 Å². The molecular weight excluding hydrogens is 471 g/mol. The summed E-state index contributed by atoms with van der Waals surface area (Å²) in [7, 11) is 0. The van der Waals surface area contributed by atoms with Crippen molar-refractivity contribution < 1.29 is 4.74 Å². The molecule has 0 aliphatic rings. The van der Waals surface area contributed by atoms with E-state index in [0.29, 0.717) is 29.0 Å². The van der Waals surface area contributed by atoms with Crippen molar-refractivity contribution in [1.82, 2.24) is 30.2 Å². The summed E-state index contributed by atoms with van der Waals surface area (Å²) >= 11 is 12.6. The first-order valence-corrected chi connectivity index (χ1v) is 11.4. The number of ether oxygens (including phenoxy) is 1. The normalized spacial score (nSPS) is 12.1. The molecule has 7 nitrogen and oxygen atoms in total. The van der Waals surface area contributed by atoms with E-state index in [-0.39, 0.29) is 6.10 Å². The fourth-order valence-electron chi connectivity index (χ4n) is 3.70. The van der Waals surface area contributed by atoms with Gasteiger partial charge >= 0.3 is 0 Å². The molecule has 1 atom stereocenters. The molecule has 0 aliphatic carbocycles. The monoisotopic (exact) mass is 490 g/mol. The number of hydrogen-bond donors (Lipinski definition) is 1. The van der Waals surface area contributed by atoms with E-state index in [2.05, 4.69) is 55.9 Å². The number of nitrogens with zero attached hydrogens (tertiary/aromatic N) is 5. The standard InChI is InChI=1S/C25H20Cl2N6O/c26-21-8-9-22(23(27)13-21)24(14-33-11-10-28-16-33)34-15-17-4-6-18(7-5-17)19-2-1-3-20(12-19)25-29-31-32-30-25/h1-13,16,24H,14-15H2,(H,29,30,31,32). The van der Waals surface area contributed by atoms with Gasteiger partial charge in [-0.15, -0.1) is 10.2 Å². The van der Waals surface area contributed by atoms with E-state index in [0.717, 1.165) is 27.8 Å². The lowest BCUT2D eigenvalue weighted by molar-refractivity contribution is 0.0280. The summed E-state index contributed by atoms with van der Waals surface area (Å²) in [5.74, 6) is 0.566. The van der Waals surface area contributed by atoms with Crippen LogP contribution in [0.5, 0.6) is 0 Å². The molecule has 0 bridgehead atoms. The third-order valence-electron chi connectivity index (χ3n) is 5.45. The molecule has 0 spiro atoms. The lowest BCUT2D eigenvalue weighted by Gasteiger charge is -2.20. The van der Waals surface area contributed by atoms with Crippen LogP contribution < -0.4 is 0 Å². The summed E-state index contributed by atoms with van der Waals surface area (Å²) in [6.07, 6.45) is 5.15. The van der Waals surface area contributed by atoms with Gasteiger partial charge in [0, 0.05) is 33.6 Å². The Morgan fingerprint density at radius 1 is 0.941 bits per heavy atom. The number of benzene rings is 3. The maximum atomic E-state index is 6.48. The minimum Gasteiger partial charge on any atom is -0.367 e. The highest BCUT2D eigenvalue weighted by atomic mass is 35.5. The van der Waals surface area contributed by atoms with Crippen LogP contribution in [0.1, 0.15) is 17.2 Å². The highest BCUT2D eigenvalue weighted by Gasteiger charge is 2.17. The summed E-state index contributed by atoms with van der Waals surface area (Å²) in [6.45, 7) is 1.02. The fraction of sp³-hybridized carbons (Fsp3) is 0.120. The number of halogens is 2. The van der Waals surface area contributed by atoms with Gasteiger partial charge in [0.1, 0.15) is 6.10 Å². The van der Waals surface area contributed by atoms with Crippen LogP contribution in [0.25, 0.3) is 22.5 Å². The molecule has 0 amide bonds. The average molecular weight is 491 g/mol. The Hall–Kier alpha value is -3.52. The van der Waals surface area contributed by atoms with Crippen LogP contribution in [0, 0.1) is 0 Å². The lowest BCUT2D eigenvalue weighted by atomic mass is 10.0. The molecule has 1 unspecified atom stereocenters. The number of tetrazole rings is 1. The van der Waals surface area contributed by atoms with Crippen LogP contribution in [0.4, 0.5) is 0 Å². The summed E-state index contributed by atoms with van der Waals surface area (Å²) in [5.41, 5.74) is 5.00. The predicted octanol–water partition coefficient (Wildman–Crippen LogP) is 6.00. The molecule has 2 aromatic heterocycles. The second kappa shape index (κ2) is 10.2. The van der Waals surface area contributed by atoms with E-state index in [1.54, 1.807) is 18.6 Å². The van der Waals surface area contributed by atoms with Crippen LogP contribution in [0.15, 0.2) is 85.5 Å². The molecule has 1 N–H and O–H groups in total. The number of rotatable bonds is 8. The van der Waals surface area contributed by atoms with E-state index >= 15 is 0 Å². The van der Waals surface area contributed by atoms with E-state index in [1.807, 2.05) is 41.1 Å². The van der Waals surface area contributed by atoms with Gasteiger partial charge in [-0.05, 0) is 40.1 Å². The largest absolute Gasteiger partial charge is 0.367 e. The smallest absolute Gasteiger partial charge is 0.204 e. The van der Waals surface area contributed by atoms with Crippen molar-refractivity contribution in [3.63, 3.8) is 0 Å². The first-order valence-electron chi connectivity index (χ1n) is 10.6. The van der Waals surface area contributed by atoms with Crippen LogP contribution in [0.2, 0.25) is 10.0 Å². The maximum absolute atomic E-state index is 6.48. The quantitative estimate of drug-likeness (QED) is 0.288. The Balaban J connectivity index is 1.32. The second-order valence-corrected chi connectivity index (χ2v) is 8.58. The molecule has 0 fully saturated rings. The molecule has 170 valence electrons. The van der Waals surface area contributed by atoms with E-state index in [9.17, 15) is 0 Å². The van der Waals surface area contributed by atoms with Crippen LogP contribution in [-0.4, -0.2) is 30.2 Å². The summed E-state index contributed by atoms with van der Waals surface area (Å²) < 4.78 is 8.29. The van der Waals surface area contributed by atoms with Gasteiger partial charge in [0.15, 0.2) is 0 Å². The Morgan fingerprint density at radius 2 is 1.79 bits per heavy atom. The third kappa shape index (κ3) is 5.17. The molecule has 34 heavy (non-hydrogen) atoms. The van der Waals surface area contributed by atoms with Gasteiger partial charge in [-0.1, -0.05) is 71.7 Å². The first kappa shape index (κ1) is 22.3. The Kier molecular flexibility index (Phi) is 6.67. The Bertz CT molecular complexity index is 1350. The van der Waals surface area contributed by atoms with Gasteiger partial charge in [-0.3, -0.25) is 0 Å². The van der Waals surface area contributed by atoms with E-state index < -0.39 is 0 Å². The van der Waals surface area contributed by atoms with Crippen LogP contribution >= 0.6 is 23.2 Å². The van der Waals surface area contributed by atoms with Gasteiger partial charge in [0.25, 0.3) is 0 Å². The molecule has 0 aliphatic heterocycles. The molecule has 9 heteroatoms. The molecule has 0 radical (unpaired) electrons. The molecular formula is C25H20Cl2N6O. The number of nitrogens with one attached hydrogen (secondary N) is 1. The third-order valence-corrected chi connectivity index (χ3v) is 6.01. The molecule has 0 saturated carbocycles. The number of H-pyrrole nitrogens is 1. The van der Waals surface area contributed by atoms with Gasteiger partial charge < -0.3 is 9.30 Å². The molecule has 5 aromatic rings. The van der Waals surface area contributed by atoms with E-state index in [1.165, 1.54) is 0 Å². The van der Waals surface area contributed by atoms with Crippen LogP contribution in [-0.2, 0) is 17.9 Å². The fourth-order valence-corrected chi connectivity index (χ4v) is 4.23. The highest BCUT2D eigenvalue weighted by molar-refractivity contribution is 6.35. The van der Waals surface area contributed by atoms with Gasteiger partial charge in [-0.2, -0.15) is 5.21 Å². The second-order valence-electron chi connectivity index (χ2n) is 7.74. The molecule has 5 rings (SSSR count). The number of hydrogen-bond acceptors (Lipinski definition) is 5. The molecule has 2 heterocycles. The number of imidazole rings is 1. The van der Waals surface area contributed by atoms with Crippen molar-refractivity contribution in [2.75, 3.05) is 0 Å². The van der Waals surface area contributed by atoms with Gasteiger partial charge in [0.2, 0.25) is 5.82 Å². The minimum absolute atomic E-state index is 0.259. The zero-order valence-corrected chi connectivity index (χ0v) is 19.5. The van der Waals surface area contributed by atoms with Crippen molar-refractivity contribution in [3.8, 4) is 22.5 Å². The van der Waals surface area contributed by atoms with Gasteiger partial charge in [0.05, 0.1) is 19.5 Å². The Labute approximate surface area is 206 Å². The van der Waals surface area contributed by atoms with E-state index in [4.69, 9.17) is 27.9 Å². The van der Waals surface area contributed by atoms with Crippen molar-refractivity contribution in [3.05, 3.63) is 107 Å². The number of aromatic amines is 1. The first-order chi connectivity index (χ1) is 16.7. The summed E-state index contributed by atoms with van der Waals surface area (Å²) in [6, 6.07) is 21.8. The Morgan fingerprint density at radius 3 is 2.53 bits per heavy atom. The zero-order valence-electron chi connectivity index (χ0n) is 18.0. The summed E-state index contributed by atoms with van der Waals surface area (Å²) in [4.78, 5) is 4.12. The van der Waals surface area contributed by atoms with Crippen molar-refractivity contribution in [1.29, 1.82) is 0 Å². The van der Waals surface area contributed by atoms with Crippen molar-refractivity contribution >= 4 is 23.2 Å². The zero-order chi connectivity index (χ0) is 23.3. The maximum Gasteiger partial charge on any atom is 0.204 e. The van der Waals surface area contributed by atoms with Gasteiger partial charge in [-0.25, -0.2) is 4.98 Å². The minimum atomic E-state index is -0.259. The molecule has 3 aromatic carbocycles. The SMILES string of the molecule is Clc1ccc(C(Cn2ccnc2)OCc2ccc(-c3cccc(-c4nn[nH]n4)c3)cc2)c(Cl)c1.